The quantitative estimate of drug-likeness (QED) is 0.566. The van der Waals surface area contributed by atoms with Gasteiger partial charge in [-0.25, -0.2) is 0 Å². The van der Waals surface area contributed by atoms with Crippen molar-refractivity contribution in [2.24, 2.45) is 0 Å². The molecule has 0 fully saturated rings. The lowest BCUT2D eigenvalue weighted by Crippen LogP contribution is -2.42. The van der Waals surface area contributed by atoms with Crippen LogP contribution in [0.15, 0.2) is 60.7 Å². The predicted octanol–water partition coefficient (Wildman–Crippen LogP) is 6.55. The molecule has 0 N–H and O–H groups in total. The third-order valence-electron chi connectivity index (χ3n) is 5.14. The fourth-order valence-corrected chi connectivity index (χ4v) is 3.86. The fourth-order valence-electron chi connectivity index (χ4n) is 2.53. The molecule has 0 aliphatic carbocycles. The second-order valence-corrected chi connectivity index (χ2v) is 12.7. The van der Waals surface area contributed by atoms with Crippen molar-refractivity contribution in [1.82, 2.24) is 0 Å². The summed E-state index contributed by atoms with van der Waals surface area (Å²) in [6.45, 7) is 13.8. The first-order chi connectivity index (χ1) is 10.7. The first kappa shape index (κ1) is 18.0. The minimum absolute atomic E-state index is 0.0968. The third kappa shape index (κ3) is 4.33. The molecule has 23 heavy (non-hydrogen) atoms. The van der Waals surface area contributed by atoms with E-state index in [1.807, 2.05) is 0 Å². The SMILES string of the molecule is CC(c1ccccc1)C(O[Si](C)(C)C(C)(C)C)c1ccccc1. The van der Waals surface area contributed by atoms with Gasteiger partial charge in [-0.1, -0.05) is 88.4 Å². The molecule has 2 rings (SSSR count). The Morgan fingerprint density at radius 3 is 1.65 bits per heavy atom. The van der Waals surface area contributed by atoms with Crippen molar-refractivity contribution in [3.05, 3.63) is 71.8 Å². The zero-order chi connectivity index (χ0) is 17.1. The van der Waals surface area contributed by atoms with Gasteiger partial charge >= 0.3 is 0 Å². The molecule has 0 aliphatic heterocycles. The molecule has 0 amide bonds. The van der Waals surface area contributed by atoms with E-state index in [-0.39, 0.29) is 11.1 Å². The van der Waals surface area contributed by atoms with E-state index in [1.165, 1.54) is 11.1 Å². The normalized spacial score (nSPS) is 15.2. The molecule has 0 aromatic heterocycles. The van der Waals surface area contributed by atoms with Crippen LogP contribution in [0.4, 0.5) is 0 Å². The number of hydrogen-bond acceptors (Lipinski definition) is 1. The second-order valence-electron chi connectivity index (χ2n) is 7.91. The van der Waals surface area contributed by atoms with Crippen LogP contribution in [0.2, 0.25) is 18.1 Å². The average Bonchev–Trinajstić information content (AvgIpc) is 2.52. The molecular weight excluding hydrogens is 296 g/mol. The Hall–Kier alpha value is -1.38. The van der Waals surface area contributed by atoms with Crippen LogP contribution in [-0.2, 0) is 4.43 Å². The molecule has 2 aromatic rings. The summed E-state index contributed by atoms with van der Waals surface area (Å²) in [5.74, 6) is 0.327. The van der Waals surface area contributed by atoms with Crippen molar-refractivity contribution in [3.8, 4) is 0 Å². The summed E-state index contributed by atoms with van der Waals surface area (Å²) in [7, 11) is -1.85. The van der Waals surface area contributed by atoms with Crippen LogP contribution in [-0.4, -0.2) is 8.32 Å². The highest BCUT2D eigenvalue weighted by Crippen LogP contribution is 2.43. The minimum Gasteiger partial charge on any atom is -0.409 e. The standard InChI is InChI=1S/C21H30OSi/c1-17(18-13-9-7-10-14-18)20(19-15-11-8-12-16-19)22-23(5,6)21(2,3)4/h7-17,20H,1-6H3. The summed E-state index contributed by atoms with van der Waals surface area (Å²) < 4.78 is 6.84. The summed E-state index contributed by atoms with van der Waals surface area (Å²) >= 11 is 0. The summed E-state index contributed by atoms with van der Waals surface area (Å²) in [4.78, 5) is 0. The third-order valence-corrected chi connectivity index (χ3v) is 9.59. The van der Waals surface area contributed by atoms with Crippen molar-refractivity contribution < 1.29 is 4.43 Å². The minimum atomic E-state index is -1.85. The van der Waals surface area contributed by atoms with E-state index >= 15 is 0 Å². The predicted molar refractivity (Wildman–Crippen MR) is 102 cm³/mol. The van der Waals surface area contributed by atoms with E-state index in [0.717, 1.165) is 0 Å². The van der Waals surface area contributed by atoms with E-state index in [0.29, 0.717) is 5.92 Å². The zero-order valence-electron chi connectivity index (χ0n) is 15.3. The molecule has 0 radical (unpaired) electrons. The maximum atomic E-state index is 6.84. The Balaban J connectivity index is 2.37. The van der Waals surface area contributed by atoms with Crippen LogP contribution in [0, 0.1) is 0 Å². The van der Waals surface area contributed by atoms with Crippen molar-refractivity contribution in [2.45, 2.75) is 57.8 Å². The molecule has 124 valence electrons. The van der Waals surface area contributed by atoms with Crippen LogP contribution >= 0.6 is 0 Å². The highest BCUT2D eigenvalue weighted by atomic mass is 28.4. The van der Waals surface area contributed by atoms with E-state index in [9.17, 15) is 0 Å². The van der Waals surface area contributed by atoms with Gasteiger partial charge in [0.1, 0.15) is 0 Å². The molecule has 0 saturated heterocycles. The van der Waals surface area contributed by atoms with E-state index in [1.54, 1.807) is 0 Å². The summed E-state index contributed by atoms with van der Waals surface area (Å²) in [6.07, 6.45) is 0.0968. The fraction of sp³-hybridized carbons (Fsp3) is 0.429. The van der Waals surface area contributed by atoms with E-state index < -0.39 is 8.32 Å². The van der Waals surface area contributed by atoms with Crippen molar-refractivity contribution in [3.63, 3.8) is 0 Å². The van der Waals surface area contributed by atoms with Gasteiger partial charge in [0.15, 0.2) is 8.32 Å². The van der Waals surface area contributed by atoms with Gasteiger partial charge in [0.25, 0.3) is 0 Å². The maximum Gasteiger partial charge on any atom is 0.192 e. The lowest BCUT2D eigenvalue weighted by Gasteiger charge is -2.41. The van der Waals surface area contributed by atoms with Gasteiger partial charge in [0, 0.05) is 5.92 Å². The molecule has 0 saturated carbocycles. The van der Waals surface area contributed by atoms with Crippen LogP contribution in [0.1, 0.15) is 50.8 Å². The summed E-state index contributed by atoms with van der Waals surface area (Å²) in [5.41, 5.74) is 2.61. The topological polar surface area (TPSA) is 9.23 Å². The number of rotatable bonds is 5. The van der Waals surface area contributed by atoms with Gasteiger partial charge in [0.2, 0.25) is 0 Å². The van der Waals surface area contributed by atoms with Crippen molar-refractivity contribution >= 4 is 8.32 Å². The van der Waals surface area contributed by atoms with Gasteiger partial charge < -0.3 is 4.43 Å². The van der Waals surface area contributed by atoms with Gasteiger partial charge in [-0.2, -0.15) is 0 Å². The molecule has 2 aromatic carbocycles. The van der Waals surface area contributed by atoms with Crippen molar-refractivity contribution in [1.29, 1.82) is 0 Å². The molecule has 0 aliphatic rings. The molecule has 2 atom stereocenters. The Bertz CT molecular complexity index is 599. The van der Waals surface area contributed by atoms with Gasteiger partial charge in [-0.15, -0.1) is 0 Å². The first-order valence-electron chi connectivity index (χ1n) is 8.50. The van der Waals surface area contributed by atoms with Gasteiger partial charge in [0.05, 0.1) is 6.10 Å². The van der Waals surface area contributed by atoms with Gasteiger partial charge in [-0.05, 0) is 29.3 Å². The van der Waals surface area contributed by atoms with Crippen LogP contribution in [0.5, 0.6) is 0 Å². The lowest BCUT2D eigenvalue weighted by atomic mass is 9.91. The summed E-state index contributed by atoms with van der Waals surface area (Å²) in [6, 6.07) is 21.4. The Morgan fingerprint density at radius 2 is 1.22 bits per heavy atom. The Morgan fingerprint density at radius 1 is 0.783 bits per heavy atom. The largest absolute Gasteiger partial charge is 0.409 e. The van der Waals surface area contributed by atoms with Crippen LogP contribution < -0.4 is 0 Å². The van der Waals surface area contributed by atoms with Crippen LogP contribution in [0.25, 0.3) is 0 Å². The van der Waals surface area contributed by atoms with E-state index in [4.69, 9.17) is 4.43 Å². The molecule has 1 nitrogen and oxygen atoms in total. The van der Waals surface area contributed by atoms with E-state index in [2.05, 4.69) is 101 Å². The Kier molecular flexibility index (Phi) is 5.48. The maximum absolute atomic E-state index is 6.84. The average molecular weight is 327 g/mol. The number of benzene rings is 2. The summed E-state index contributed by atoms with van der Waals surface area (Å²) in [5, 5.41) is 0.205. The highest BCUT2D eigenvalue weighted by molar-refractivity contribution is 6.74. The number of hydrogen-bond donors (Lipinski definition) is 0. The monoisotopic (exact) mass is 326 g/mol. The molecule has 0 bridgehead atoms. The smallest absolute Gasteiger partial charge is 0.192 e. The Labute approximate surface area is 142 Å². The second kappa shape index (κ2) is 7.02. The highest BCUT2D eigenvalue weighted by Gasteiger charge is 2.40. The van der Waals surface area contributed by atoms with Crippen LogP contribution in [0.3, 0.4) is 0 Å². The molecule has 2 heteroatoms. The first-order valence-corrected chi connectivity index (χ1v) is 11.4. The molecule has 0 heterocycles. The lowest BCUT2D eigenvalue weighted by molar-refractivity contribution is 0.159. The van der Waals surface area contributed by atoms with Gasteiger partial charge in [-0.3, -0.25) is 0 Å². The molecular formula is C21H30OSi. The molecule has 0 spiro atoms. The zero-order valence-corrected chi connectivity index (χ0v) is 16.3. The van der Waals surface area contributed by atoms with Crippen molar-refractivity contribution in [2.75, 3.05) is 0 Å². The molecule has 2 unspecified atom stereocenters.